The topological polar surface area (TPSA) is 48.6 Å². The van der Waals surface area contributed by atoms with Crippen LogP contribution in [0.3, 0.4) is 0 Å². The van der Waals surface area contributed by atoms with Gasteiger partial charge in [-0.3, -0.25) is 15.0 Å². The summed E-state index contributed by atoms with van der Waals surface area (Å²) in [5, 5.41) is 6.39. The third-order valence-electron chi connectivity index (χ3n) is 3.51. The van der Waals surface area contributed by atoms with Crippen LogP contribution in [0, 0.1) is 6.92 Å². The third-order valence-corrected chi connectivity index (χ3v) is 3.51. The summed E-state index contributed by atoms with van der Waals surface area (Å²) in [4.78, 5) is 11.8. The van der Waals surface area contributed by atoms with Gasteiger partial charge in [-0.25, -0.2) is 0 Å². The van der Waals surface area contributed by atoms with Gasteiger partial charge < -0.3 is 0 Å². The second-order valence-electron chi connectivity index (χ2n) is 5.00. The predicted octanol–water partition coefficient (Wildman–Crippen LogP) is 2.85. The van der Waals surface area contributed by atoms with Crippen LogP contribution in [0.1, 0.15) is 38.3 Å². The molecule has 0 unspecified atom stereocenters. The molecule has 0 atom stereocenters. The van der Waals surface area contributed by atoms with E-state index in [1.807, 2.05) is 6.07 Å². The Morgan fingerprint density at radius 3 is 2.56 bits per heavy atom. The first-order valence-electron chi connectivity index (χ1n) is 5.68. The number of nitrogens with one attached hydrogen (secondary N) is 2. The number of rotatable bonds is 2. The van der Waals surface area contributed by atoms with E-state index < -0.39 is 0 Å². The summed E-state index contributed by atoms with van der Waals surface area (Å²) >= 11 is 0. The van der Waals surface area contributed by atoms with E-state index in [4.69, 9.17) is 0 Å². The minimum Gasteiger partial charge on any atom is -0.298 e. The Morgan fingerprint density at radius 1 is 1.25 bits per heavy atom. The summed E-state index contributed by atoms with van der Waals surface area (Å²) in [7, 11) is 0. The molecule has 0 saturated carbocycles. The second kappa shape index (κ2) is 3.51. The van der Waals surface area contributed by atoms with Gasteiger partial charge in [0.15, 0.2) is 0 Å². The molecule has 16 heavy (non-hydrogen) atoms. The number of fused-ring (bicyclic) bond motifs is 1. The lowest BCUT2D eigenvalue weighted by atomic mass is 9.78. The van der Waals surface area contributed by atoms with Crippen molar-refractivity contribution < 1.29 is 0 Å². The van der Waals surface area contributed by atoms with Crippen molar-refractivity contribution in [1.82, 2.24) is 10.2 Å². The maximum Gasteiger partial charge on any atom is 0.272 e. The van der Waals surface area contributed by atoms with E-state index in [0.29, 0.717) is 0 Å². The minimum atomic E-state index is -0.0183. The monoisotopic (exact) mass is 218 g/mol. The van der Waals surface area contributed by atoms with Gasteiger partial charge in [-0.05, 0) is 36.0 Å². The summed E-state index contributed by atoms with van der Waals surface area (Å²) in [6.07, 6.45) is 1.01. The zero-order chi connectivity index (χ0) is 11.9. The molecule has 86 valence electrons. The molecule has 0 bridgehead atoms. The van der Waals surface area contributed by atoms with Gasteiger partial charge in [0.1, 0.15) is 0 Å². The van der Waals surface area contributed by atoms with Crippen molar-refractivity contribution >= 4 is 10.9 Å². The third kappa shape index (κ3) is 1.47. The molecule has 2 rings (SSSR count). The highest BCUT2D eigenvalue weighted by molar-refractivity contribution is 5.83. The second-order valence-corrected chi connectivity index (χ2v) is 5.00. The molecule has 3 heteroatoms. The fourth-order valence-corrected chi connectivity index (χ4v) is 2.28. The smallest absolute Gasteiger partial charge is 0.272 e. The van der Waals surface area contributed by atoms with Crippen LogP contribution in [0.15, 0.2) is 16.9 Å². The minimum absolute atomic E-state index is 0.0183. The molecule has 0 saturated heterocycles. The molecule has 2 N–H and O–H groups in total. The van der Waals surface area contributed by atoms with Crippen molar-refractivity contribution in [2.24, 2.45) is 0 Å². The Balaban J connectivity index is 2.90. The van der Waals surface area contributed by atoms with Crippen LogP contribution in [0.4, 0.5) is 0 Å². The van der Waals surface area contributed by atoms with Gasteiger partial charge in [0.25, 0.3) is 5.56 Å². The van der Waals surface area contributed by atoms with Crippen LogP contribution >= 0.6 is 0 Å². The molecule has 0 amide bonds. The molecule has 2 aromatic rings. The fourth-order valence-electron chi connectivity index (χ4n) is 2.28. The molecule has 0 aliphatic heterocycles. The lowest BCUT2D eigenvalue weighted by molar-refractivity contribution is 0.507. The Labute approximate surface area is 94.9 Å². The lowest BCUT2D eigenvalue weighted by Crippen LogP contribution is -2.19. The molecule has 0 fully saturated rings. The first kappa shape index (κ1) is 11.0. The summed E-state index contributed by atoms with van der Waals surface area (Å²) in [5.74, 6) is 0. The summed E-state index contributed by atoms with van der Waals surface area (Å²) < 4.78 is 0. The average molecular weight is 218 g/mol. The van der Waals surface area contributed by atoms with E-state index >= 15 is 0 Å². The zero-order valence-electron chi connectivity index (χ0n) is 10.3. The van der Waals surface area contributed by atoms with Gasteiger partial charge in [0.2, 0.25) is 0 Å². The Kier molecular flexibility index (Phi) is 2.41. The van der Waals surface area contributed by atoms with Crippen molar-refractivity contribution in [2.45, 2.75) is 39.5 Å². The molecular formula is C13H18N2O. The number of benzene rings is 1. The quantitative estimate of drug-likeness (QED) is 0.800. The van der Waals surface area contributed by atoms with Crippen LogP contribution in [-0.2, 0) is 5.41 Å². The lowest BCUT2D eigenvalue weighted by Gasteiger charge is -2.25. The molecule has 0 aliphatic carbocycles. The van der Waals surface area contributed by atoms with E-state index in [1.165, 1.54) is 5.56 Å². The molecule has 1 heterocycles. The van der Waals surface area contributed by atoms with E-state index in [-0.39, 0.29) is 11.0 Å². The van der Waals surface area contributed by atoms with Gasteiger partial charge in [-0.15, -0.1) is 0 Å². The number of aromatic amines is 2. The largest absolute Gasteiger partial charge is 0.298 e. The SMILES string of the molecule is CCC(C)(C)c1c(C)ccc2[nH][nH]c(=O)c12. The summed E-state index contributed by atoms with van der Waals surface area (Å²) in [6.45, 7) is 8.58. The van der Waals surface area contributed by atoms with Crippen molar-refractivity contribution in [3.05, 3.63) is 33.6 Å². The summed E-state index contributed by atoms with van der Waals surface area (Å²) in [5.41, 5.74) is 3.25. The van der Waals surface area contributed by atoms with Gasteiger partial charge in [-0.2, -0.15) is 0 Å². The number of hydrogen-bond acceptors (Lipinski definition) is 1. The number of aromatic nitrogens is 2. The van der Waals surface area contributed by atoms with Gasteiger partial charge in [0, 0.05) is 0 Å². The van der Waals surface area contributed by atoms with E-state index in [9.17, 15) is 4.79 Å². The van der Waals surface area contributed by atoms with E-state index in [1.54, 1.807) is 0 Å². The van der Waals surface area contributed by atoms with E-state index in [0.717, 1.165) is 22.9 Å². The van der Waals surface area contributed by atoms with Crippen LogP contribution < -0.4 is 5.56 Å². The molecule has 0 aliphatic rings. The number of aryl methyl sites for hydroxylation is 1. The molecular weight excluding hydrogens is 200 g/mol. The van der Waals surface area contributed by atoms with Crippen LogP contribution in [0.2, 0.25) is 0 Å². The van der Waals surface area contributed by atoms with Gasteiger partial charge >= 0.3 is 0 Å². The van der Waals surface area contributed by atoms with Crippen molar-refractivity contribution in [3.8, 4) is 0 Å². The highest BCUT2D eigenvalue weighted by Crippen LogP contribution is 2.33. The van der Waals surface area contributed by atoms with Crippen molar-refractivity contribution in [2.75, 3.05) is 0 Å². The molecule has 1 aromatic heterocycles. The van der Waals surface area contributed by atoms with Crippen LogP contribution in [0.5, 0.6) is 0 Å². The summed E-state index contributed by atoms with van der Waals surface area (Å²) in [6, 6.07) is 4.02. The first-order valence-corrected chi connectivity index (χ1v) is 5.68. The zero-order valence-corrected chi connectivity index (χ0v) is 10.3. The fraction of sp³-hybridized carbons (Fsp3) is 0.462. The Morgan fingerprint density at radius 2 is 1.94 bits per heavy atom. The van der Waals surface area contributed by atoms with Gasteiger partial charge in [-0.1, -0.05) is 26.8 Å². The molecule has 3 nitrogen and oxygen atoms in total. The van der Waals surface area contributed by atoms with Crippen LogP contribution in [0.25, 0.3) is 10.9 Å². The maximum atomic E-state index is 11.8. The average Bonchev–Trinajstić information content (AvgIpc) is 2.60. The van der Waals surface area contributed by atoms with E-state index in [2.05, 4.69) is 44.0 Å². The number of hydrogen-bond donors (Lipinski definition) is 2. The Bertz CT molecular complexity index is 575. The molecule has 0 radical (unpaired) electrons. The predicted molar refractivity (Wildman–Crippen MR) is 67.0 cm³/mol. The highest BCUT2D eigenvalue weighted by Gasteiger charge is 2.24. The van der Waals surface area contributed by atoms with Gasteiger partial charge in [0.05, 0.1) is 10.9 Å². The van der Waals surface area contributed by atoms with Crippen molar-refractivity contribution in [1.29, 1.82) is 0 Å². The van der Waals surface area contributed by atoms with Crippen molar-refractivity contribution in [3.63, 3.8) is 0 Å². The maximum absolute atomic E-state index is 11.8. The van der Waals surface area contributed by atoms with Crippen LogP contribution in [-0.4, -0.2) is 10.2 Å². The highest BCUT2D eigenvalue weighted by atomic mass is 16.1. The number of H-pyrrole nitrogens is 2. The molecule has 0 spiro atoms. The first-order chi connectivity index (χ1) is 7.47. The molecule has 1 aromatic carbocycles. The normalized spacial score (nSPS) is 12.2. The Hall–Kier alpha value is -1.51. The standard InChI is InChI=1S/C13H18N2O/c1-5-13(3,4)11-8(2)6-7-9-10(11)12(16)15-14-9/h6-7H,5H2,1-4H3,(H2,14,15,16).